The lowest BCUT2D eigenvalue weighted by atomic mass is 9.75. The molecule has 0 aliphatic carbocycles. The van der Waals surface area contributed by atoms with Gasteiger partial charge in [-0.05, 0) is 81.6 Å². The molecule has 2 N–H and O–H groups in total. The molecule has 1 fully saturated rings. The van der Waals surface area contributed by atoms with E-state index in [1.807, 2.05) is 0 Å². The SMILES string of the molecule is CC(C)=CCc1cc(Br)c2c(c1O)[C@]1(CC=C(C)C)CCN(C)[C@@H]1N2. The number of aromatic hydroxyl groups is 1. The Morgan fingerprint density at radius 1 is 1.32 bits per heavy atom. The summed E-state index contributed by atoms with van der Waals surface area (Å²) >= 11 is 3.74. The molecule has 0 saturated carbocycles. The van der Waals surface area contributed by atoms with Gasteiger partial charge in [-0.1, -0.05) is 23.3 Å². The molecule has 1 aromatic carbocycles. The first-order valence-corrected chi connectivity index (χ1v) is 9.84. The minimum Gasteiger partial charge on any atom is -0.507 e. The molecule has 2 atom stereocenters. The summed E-state index contributed by atoms with van der Waals surface area (Å²) in [6, 6.07) is 2.07. The molecule has 1 aromatic rings. The third kappa shape index (κ3) is 3.15. The second-order valence-electron chi connectivity index (χ2n) is 8.02. The number of rotatable bonds is 4. The van der Waals surface area contributed by atoms with Crippen LogP contribution in [0.25, 0.3) is 0 Å². The van der Waals surface area contributed by atoms with Gasteiger partial charge in [0.25, 0.3) is 0 Å². The topological polar surface area (TPSA) is 35.5 Å². The third-order valence-corrected chi connectivity index (χ3v) is 6.21. The van der Waals surface area contributed by atoms with E-state index < -0.39 is 0 Å². The Kier molecular flexibility index (Phi) is 5.04. The van der Waals surface area contributed by atoms with E-state index in [1.165, 1.54) is 11.1 Å². The summed E-state index contributed by atoms with van der Waals surface area (Å²) in [6.45, 7) is 9.53. The molecule has 2 heterocycles. The van der Waals surface area contributed by atoms with Crippen molar-refractivity contribution in [2.75, 3.05) is 18.9 Å². The number of phenolic OH excluding ortho intramolecular Hbond substituents is 1. The Labute approximate surface area is 159 Å². The molecule has 0 radical (unpaired) electrons. The highest BCUT2D eigenvalue weighted by molar-refractivity contribution is 9.10. The predicted molar refractivity (Wildman–Crippen MR) is 109 cm³/mol. The van der Waals surface area contributed by atoms with Crippen LogP contribution in [0.2, 0.25) is 0 Å². The van der Waals surface area contributed by atoms with E-state index >= 15 is 0 Å². The van der Waals surface area contributed by atoms with Gasteiger partial charge in [0.15, 0.2) is 0 Å². The molecule has 1 saturated heterocycles. The lowest BCUT2D eigenvalue weighted by Crippen LogP contribution is -2.41. The highest BCUT2D eigenvalue weighted by Gasteiger charge is 2.54. The van der Waals surface area contributed by atoms with Crippen molar-refractivity contribution in [3.05, 3.63) is 45.0 Å². The highest BCUT2D eigenvalue weighted by atomic mass is 79.9. The third-order valence-electron chi connectivity index (χ3n) is 5.59. The fourth-order valence-corrected chi connectivity index (χ4v) is 4.79. The van der Waals surface area contributed by atoms with Crippen molar-refractivity contribution in [3.63, 3.8) is 0 Å². The van der Waals surface area contributed by atoms with Gasteiger partial charge < -0.3 is 10.4 Å². The molecule has 25 heavy (non-hydrogen) atoms. The van der Waals surface area contributed by atoms with E-state index in [1.54, 1.807) is 0 Å². The smallest absolute Gasteiger partial charge is 0.125 e. The van der Waals surface area contributed by atoms with Crippen LogP contribution in [0.4, 0.5) is 5.69 Å². The van der Waals surface area contributed by atoms with Gasteiger partial charge >= 0.3 is 0 Å². The van der Waals surface area contributed by atoms with Crippen molar-refractivity contribution in [1.29, 1.82) is 0 Å². The van der Waals surface area contributed by atoms with Crippen LogP contribution in [0.1, 0.15) is 51.7 Å². The maximum absolute atomic E-state index is 11.2. The molecule has 0 amide bonds. The number of phenols is 1. The fraction of sp³-hybridized carbons (Fsp3) is 0.524. The van der Waals surface area contributed by atoms with Crippen LogP contribution >= 0.6 is 15.9 Å². The molecule has 3 rings (SSSR count). The number of halogens is 1. The summed E-state index contributed by atoms with van der Waals surface area (Å²) in [6.07, 6.45) is 7.51. The zero-order chi connectivity index (χ0) is 18.4. The number of nitrogens with zero attached hydrogens (tertiary/aromatic N) is 1. The largest absolute Gasteiger partial charge is 0.507 e. The molecule has 2 aliphatic heterocycles. The Bertz CT molecular complexity index is 745. The first-order chi connectivity index (χ1) is 11.8. The van der Waals surface area contributed by atoms with Crippen LogP contribution in [-0.4, -0.2) is 29.8 Å². The summed E-state index contributed by atoms with van der Waals surface area (Å²) < 4.78 is 1.05. The van der Waals surface area contributed by atoms with Gasteiger partial charge in [0.1, 0.15) is 5.75 Å². The molecule has 136 valence electrons. The van der Waals surface area contributed by atoms with Gasteiger partial charge in [-0.2, -0.15) is 0 Å². The lowest BCUT2D eigenvalue weighted by Gasteiger charge is -2.31. The Balaban J connectivity index is 2.14. The molecular formula is C21H29BrN2O. The average Bonchev–Trinajstić information content (AvgIpc) is 3.03. The normalized spacial score (nSPS) is 24.5. The number of hydrogen-bond acceptors (Lipinski definition) is 3. The van der Waals surface area contributed by atoms with Crippen LogP contribution < -0.4 is 5.32 Å². The minimum atomic E-state index is -0.0606. The summed E-state index contributed by atoms with van der Waals surface area (Å²) in [5.74, 6) is 0.475. The van der Waals surface area contributed by atoms with E-state index in [9.17, 15) is 5.11 Å². The molecule has 0 spiro atoms. The minimum absolute atomic E-state index is 0.0606. The second kappa shape index (κ2) is 6.81. The zero-order valence-corrected chi connectivity index (χ0v) is 17.5. The van der Waals surface area contributed by atoms with Crippen molar-refractivity contribution in [3.8, 4) is 5.75 Å². The standard InChI is InChI=1S/C21H29BrN2O/c1-13(2)6-7-15-12-16(22)18-17(19(15)25)21(9-8-14(3)4)10-11-24(5)20(21)23-18/h6,8,12,20,23,25H,7,9-11H2,1-5H3/t20-,21-/m0/s1. The number of nitrogens with one attached hydrogen (secondary N) is 1. The number of benzene rings is 1. The van der Waals surface area contributed by atoms with E-state index in [-0.39, 0.29) is 11.6 Å². The van der Waals surface area contributed by atoms with Crippen molar-refractivity contribution in [1.82, 2.24) is 4.90 Å². The van der Waals surface area contributed by atoms with Gasteiger partial charge in [-0.15, -0.1) is 0 Å². The van der Waals surface area contributed by atoms with Crippen molar-refractivity contribution in [2.24, 2.45) is 0 Å². The van der Waals surface area contributed by atoms with E-state index in [0.717, 1.165) is 47.1 Å². The number of likely N-dealkylation sites (N-methyl/N-ethyl adjacent to an activating group) is 1. The monoisotopic (exact) mass is 404 g/mol. The first-order valence-electron chi connectivity index (χ1n) is 9.04. The maximum Gasteiger partial charge on any atom is 0.125 e. The van der Waals surface area contributed by atoms with Gasteiger partial charge in [-0.25, -0.2) is 0 Å². The lowest BCUT2D eigenvalue weighted by molar-refractivity contribution is 0.282. The van der Waals surface area contributed by atoms with Crippen LogP contribution in [0.5, 0.6) is 5.75 Å². The van der Waals surface area contributed by atoms with E-state index in [2.05, 4.69) is 79.1 Å². The Morgan fingerprint density at radius 2 is 2.00 bits per heavy atom. The van der Waals surface area contributed by atoms with Crippen LogP contribution in [0, 0.1) is 0 Å². The first kappa shape index (κ1) is 18.5. The van der Waals surface area contributed by atoms with Crippen molar-refractivity contribution < 1.29 is 5.11 Å². The Morgan fingerprint density at radius 3 is 2.64 bits per heavy atom. The van der Waals surface area contributed by atoms with E-state index in [4.69, 9.17) is 0 Å². The van der Waals surface area contributed by atoms with E-state index in [0.29, 0.717) is 5.75 Å². The molecular weight excluding hydrogens is 376 g/mol. The second-order valence-corrected chi connectivity index (χ2v) is 8.88. The summed E-state index contributed by atoms with van der Waals surface area (Å²) in [5, 5.41) is 14.9. The van der Waals surface area contributed by atoms with Crippen molar-refractivity contribution in [2.45, 2.75) is 58.5 Å². The number of hydrogen-bond donors (Lipinski definition) is 2. The summed E-state index contributed by atoms with van der Waals surface area (Å²) in [7, 11) is 2.17. The molecule has 0 unspecified atom stereocenters. The maximum atomic E-state index is 11.2. The van der Waals surface area contributed by atoms with Gasteiger partial charge in [0.05, 0.1) is 11.9 Å². The number of anilines is 1. The summed E-state index contributed by atoms with van der Waals surface area (Å²) in [4.78, 5) is 2.38. The van der Waals surface area contributed by atoms with Gasteiger partial charge in [0.2, 0.25) is 0 Å². The number of allylic oxidation sites excluding steroid dienone is 4. The number of likely N-dealkylation sites (tertiary alicyclic amines) is 1. The molecule has 0 bridgehead atoms. The summed E-state index contributed by atoms with van der Waals surface area (Å²) in [5.41, 5.74) is 5.71. The van der Waals surface area contributed by atoms with Crippen LogP contribution in [0.3, 0.4) is 0 Å². The van der Waals surface area contributed by atoms with Gasteiger partial charge in [-0.3, -0.25) is 4.90 Å². The van der Waals surface area contributed by atoms with Gasteiger partial charge in [0, 0.05) is 22.0 Å². The molecule has 4 heteroatoms. The zero-order valence-electron chi connectivity index (χ0n) is 15.9. The highest BCUT2D eigenvalue weighted by Crippen LogP contribution is 2.56. The molecule has 3 nitrogen and oxygen atoms in total. The quantitative estimate of drug-likeness (QED) is 0.664. The van der Waals surface area contributed by atoms with Crippen LogP contribution in [-0.2, 0) is 11.8 Å². The molecule has 0 aromatic heterocycles. The number of fused-ring (bicyclic) bond motifs is 3. The van der Waals surface area contributed by atoms with Crippen molar-refractivity contribution >= 4 is 21.6 Å². The predicted octanol–water partition coefficient (Wildman–Crippen LogP) is 5.34. The fourth-order valence-electron chi connectivity index (χ4n) is 4.20. The average molecular weight is 405 g/mol. The molecule has 2 aliphatic rings. The van der Waals surface area contributed by atoms with Crippen LogP contribution in [0.15, 0.2) is 33.8 Å². The Hall–Kier alpha value is -1.26.